The fourth-order valence-corrected chi connectivity index (χ4v) is 3.56. The van der Waals surface area contributed by atoms with Crippen LogP contribution >= 0.6 is 0 Å². The van der Waals surface area contributed by atoms with Gasteiger partial charge in [0.1, 0.15) is 11.8 Å². The second-order valence-electron chi connectivity index (χ2n) is 7.19. The van der Waals surface area contributed by atoms with Gasteiger partial charge in [0.25, 0.3) is 5.56 Å². The molecule has 154 valence electrons. The summed E-state index contributed by atoms with van der Waals surface area (Å²) in [6.07, 6.45) is 2.17. The molecule has 0 saturated carbocycles. The van der Waals surface area contributed by atoms with Gasteiger partial charge >= 0.3 is 0 Å². The molecule has 3 heterocycles. The fourth-order valence-electron chi connectivity index (χ4n) is 3.56. The van der Waals surface area contributed by atoms with Crippen LogP contribution in [-0.4, -0.2) is 32.0 Å². The number of benzene rings is 1. The standard InChI is InChI=1S/C22H23N5O3/c1-14-19-15(2)26(17-8-5-4-6-9-17)25-20(19)22(29)27(24-14)16(3)21(28)23-12-11-18-10-7-13-30-18/h4-10,13,16H,11-12H2,1-3H3,(H,23,28)/t16-/m0/s1. The number of amides is 1. The first kappa shape index (κ1) is 19.6. The molecule has 1 aromatic carbocycles. The molecule has 1 amide bonds. The summed E-state index contributed by atoms with van der Waals surface area (Å²) < 4.78 is 8.21. The van der Waals surface area contributed by atoms with Gasteiger partial charge in [-0.2, -0.15) is 10.2 Å². The van der Waals surface area contributed by atoms with Crippen molar-refractivity contribution >= 4 is 16.8 Å². The van der Waals surface area contributed by atoms with Crippen LogP contribution in [0.2, 0.25) is 0 Å². The molecule has 0 saturated heterocycles. The summed E-state index contributed by atoms with van der Waals surface area (Å²) >= 11 is 0. The zero-order chi connectivity index (χ0) is 21.3. The predicted octanol–water partition coefficient (Wildman–Crippen LogP) is 2.71. The number of aryl methyl sites for hydroxylation is 2. The second-order valence-corrected chi connectivity index (χ2v) is 7.19. The van der Waals surface area contributed by atoms with Crippen molar-refractivity contribution < 1.29 is 9.21 Å². The van der Waals surface area contributed by atoms with E-state index in [4.69, 9.17) is 4.42 Å². The molecular formula is C22H23N5O3. The fraction of sp³-hybridized carbons (Fsp3) is 0.273. The highest BCUT2D eigenvalue weighted by Crippen LogP contribution is 2.21. The van der Waals surface area contributed by atoms with Crippen LogP contribution in [0.4, 0.5) is 0 Å². The molecule has 3 aromatic heterocycles. The number of carbonyl (C=O) groups excluding carboxylic acids is 1. The van der Waals surface area contributed by atoms with Crippen molar-refractivity contribution in [3.8, 4) is 5.69 Å². The van der Waals surface area contributed by atoms with Gasteiger partial charge in [0.15, 0.2) is 5.52 Å². The first-order valence-electron chi connectivity index (χ1n) is 9.81. The van der Waals surface area contributed by atoms with E-state index in [1.807, 2.05) is 50.2 Å². The number of nitrogens with one attached hydrogen (secondary N) is 1. The van der Waals surface area contributed by atoms with E-state index in [-0.39, 0.29) is 11.5 Å². The summed E-state index contributed by atoms with van der Waals surface area (Å²) in [5.74, 6) is 0.506. The predicted molar refractivity (Wildman–Crippen MR) is 113 cm³/mol. The number of hydrogen-bond acceptors (Lipinski definition) is 5. The molecule has 8 heteroatoms. The molecule has 0 spiro atoms. The van der Waals surface area contributed by atoms with Gasteiger partial charge < -0.3 is 9.73 Å². The van der Waals surface area contributed by atoms with E-state index >= 15 is 0 Å². The van der Waals surface area contributed by atoms with Gasteiger partial charge in [-0.25, -0.2) is 9.36 Å². The summed E-state index contributed by atoms with van der Waals surface area (Å²) in [7, 11) is 0. The Balaban J connectivity index is 1.63. The number of para-hydroxylation sites is 1. The van der Waals surface area contributed by atoms with E-state index in [0.717, 1.165) is 17.1 Å². The SMILES string of the molecule is Cc1nn([C@@H](C)C(=O)NCCc2ccco2)c(=O)c2nn(-c3ccccc3)c(C)c12. The highest BCUT2D eigenvalue weighted by molar-refractivity contribution is 5.84. The average Bonchev–Trinajstić information content (AvgIpc) is 3.39. The Kier molecular flexibility index (Phi) is 5.22. The van der Waals surface area contributed by atoms with Crippen molar-refractivity contribution in [3.63, 3.8) is 0 Å². The van der Waals surface area contributed by atoms with Crippen LogP contribution in [-0.2, 0) is 11.2 Å². The van der Waals surface area contributed by atoms with Gasteiger partial charge in [-0.15, -0.1) is 0 Å². The Hall–Kier alpha value is -3.68. The molecule has 1 N–H and O–H groups in total. The van der Waals surface area contributed by atoms with E-state index in [0.29, 0.717) is 29.6 Å². The van der Waals surface area contributed by atoms with Gasteiger partial charge in [0, 0.05) is 13.0 Å². The second kappa shape index (κ2) is 7.98. The van der Waals surface area contributed by atoms with E-state index < -0.39 is 6.04 Å². The maximum Gasteiger partial charge on any atom is 0.295 e. The van der Waals surface area contributed by atoms with Crippen LogP contribution in [0.25, 0.3) is 16.6 Å². The lowest BCUT2D eigenvalue weighted by Crippen LogP contribution is -2.38. The van der Waals surface area contributed by atoms with Crippen LogP contribution in [0.1, 0.15) is 30.1 Å². The van der Waals surface area contributed by atoms with Gasteiger partial charge in [-0.05, 0) is 45.0 Å². The van der Waals surface area contributed by atoms with Gasteiger partial charge in [-0.3, -0.25) is 9.59 Å². The summed E-state index contributed by atoms with van der Waals surface area (Å²) in [6.45, 7) is 5.80. The molecule has 0 aliphatic rings. The van der Waals surface area contributed by atoms with E-state index in [1.54, 1.807) is 23.9 Å². The monoisotopic (exact) mass is 405 g/mol. The van der Waals surface area contributed by atoms with Gasteiger partial charge in [0.2, 0.25) is 5.91 Å². The minimum Gasteiger partial charge on any atom is -0.469 e. The molecule has 4 aromatic rings. The highest BCUT2D eigenvalue weighted by atomic mass is 16.3. The number of carbonyl (C=O) groups is 1. The minimum atomic E-state index is -0.764. The van der Waals surface area contributed by atoms with Gasteiger partial charge in [0.05, 0.1) is 28.7 Å². The zero-order valence-corrected chi connectivity index (χ0v) is 17.1. The number of hydrogen-bond donors (Lipinski definition) is 1. The number of fused-ring (bicyclic) bond motifs is 1. The average molecular weight is 405 g/mol. The Labute approximate surface area is 173 Å². The van der Waals surface area contributed by atoms with Crippen molar-refractivity contribution in [2.75, 3.05) is 6.54 Å². The molecule has 1 atom stereocenters. The molecule has 0 unspecified atom stereocenters. The van der Waals surface area contributed by atoms with Crippen molar-refractivity contribution in [1.29, 1.82) is 0 Å². The number of furan rings is 1. The van der Waals surface area contributed by atoms with Crippen LogP contribution < -0.4 is 10.9 Å². The van der Waals surface area contributed by atoms with Crippen LogP contribution in [0.15, 0.2) is 57.9 Å². The number of nitrogens with zero attached hydrogens (tertiary/aromatic N) is 4. The Morgan fingerprint density at radius 3 is 2.60 bits per heavy atom. The minimum absolute atomic E-state index is 0.283. The van der Waals surface area contributed by atoms with E-state index in [1.165, 1.54) is 4.68 Å². The largest absolute Gasteiger partial charge is 0.469 e. The molecule has 4 rings (SSSR count). The molecule has 30 heavy (non-hydrogen) atoms. The summed E-state index contributed by atoms with van der Waals surface area (Å²) in [6, 6.07) is 12.5. The number of rotatable bonds is 6. The first-order valence-corrected chi connectivity index (χ1v) is 9.81. The molecule has 0 radical (unpaired) electrons. The zero-order valence-electron chi connectivity index (χ0n) is 17.1. The number of aromatic nitrogens is 4. The first-order chi connectivity index (χ1) is 14.5. The maximum atomic E-state index is 13.1. The van der Waals surface area contributed by atoms with Gasteiger partial charge in [-0.1, -0.05) is 18.2 Å². The van der Waals surface area contributed by atoms with Crippen LogP contribution in [0.3, 0.4) is 0 Å². The third-order valence-corrected chi connectivity index (χ3v) is 5.14. The third kappa shape index (κ3) is 3.52. The van der Waals surface area contributed by atoms with Crippen LogP contribution in [0.5, 0.6) is 0 Å². The summed E-state index contributed by atoms with van der Waals surface area (Å²) in [5.41, 5.74) is 2.27. The molecule has 0 aliphatic heterocycles. The lowest BCUT2D eigenvalue weighted by Gasteiger charge is -2.14. The van der Waals surface area contributed by atoms with E-state index in [9.17, 15) is 9.59 Å². The van der Waals surface area contributed by atoms with Crippen molar-refractivity contribution in [1.82, 2.24) is 24.9 Å². The van der Waals surface area contributed by atoms with Crippen molar-refractivity contribution in [2.24, 2.45) is 0 Å². The van der Waals surface area contributed by atoms with Crippen molar-refractivity contribution in [2.45, 2.75) is 33.2 Å². The lowest BCUT2D eigenvalue weighted by atomic mass is 10.2. The Morgan fingerprint density at radius 1 is 1.13 bits per heavy atom. The maximum absolute atomic E-state index is 13.1. The van der Waals surface area contributed by atoms with Crippen LogP contribution in [0, 0.1) is 13.8 Å². The Bertz CT molecular complexity index is 1240. The lowest BCUT2D eigenvalue weighted by molar-refractivity contribution is -0.124. The highest BCUT2D eigenvalue weighted by Gasteiger charge is 2.23. The molecule has 0 aliphatic carbocycles. The molecule has 0 bridgehead atoms. The molecule has 0 fully saturated rings. The molecule has 8 nitrogen and oxygen atoms in total. The molecular weight excluding hydrogens is 382 g/mol. The normalized spacial score (nSPS) is 12.2. The Morgan fingerprint density at radius 2 is 1.90 bits per heavy atom. The summed E-state index contributed by atoms with van der Waals surface area (Å²) in [5, 5.41) is 12.5. The smallest absolute Gasteiger partial charge is 0.295 e. The topological polar surface area (TPSA) is 94.9 Å². The quantitative estimate of drug-likeness (QED) is 0.532. The van der Waals surface area contributed by atoms with Crippen molar-refractivity contribution in [3.05, 3.63) is 76.2 Å². The third-order valence-electron chi connectivity index (χ3n) is 5.14. The van der Waals surface area contributed by atoms with E-state index in [2.05, 4.69) is 15.5 Å². The summed E-state index contributed by atoms with van der Waals surface area (Å²) in [4.78, 5) is 25.7.